The number of aliphatic hydroxyl groups is 1. The number of hydrogen-bond donors (Lipinski definition) is 1. The van der Waals surface area contributed by atoms with E-state index in [4.69, 9.17) is 4.74 Å². The van der Waals surface area contributed by atoms with Crippen LogP contribution in [0.1, 0.15) is 54.4 Å². The van der Waals surface area contributed by atoms with Gasteiger partial charge in [-0.2, -0.15) is 0 Å². The summed E-state index contributed by atoms with van der Waals surface area (Å²) in [7, 11) is 0. The van der Waals surface area contributed by atoms with Gasteiger partial charge in [-0.05, 0) is 62.9 Å². The minimum absolute atomic E-state index is 0.0526. The first kappa shape index (κ1) is 22.4. The van der Waals surface area contributed by atoms with E-state index >= 15 is 0 Å². The Kier molecular flexibility index (Phi) is 8.55. The fraction of sp³-hybridized carbons (Fsp3) is 0.609. The molecule has 3 nitrogen and oxygen atoms in total. The number of carbonyl (C=O) groups excluding carboxylic acids is 1. The third-order valence-corrected chi connectivity index (χ3v) is 5.36. The van der Waals surface area contributed by atoms with Gasteiger partial charge in [0.2, 0.25) is 0 Å². The molecule has 0 amide bonds. The highest BCUT2D eigenvalue weighted by atomic mass is 16.5. The van der Waals surface area contributed by atoms with Crippen molar-refractivity contribution in [3.8, 4) is 0 Å². The van der Waals surface area contributed by atoms with Crippen molar-refractivity contribution in [2.24, 2.45) is 23.2 Å². The highest BCUT2D eigenvalue weighted by Crippen LogP contribution is 2.50. The molecule has 0 saturated heterocycles. The predicted octanol–water partition coefficient (Wildman–Crippen LogP) is 5.23. The lowest BCUT2D eigenvalue weighted by atomic mass is 9.58. The van der Waals surface area contributed by atoms with Crippen molar-refractivity contribution in [2.75, 3.05) is 6.61 Å². The van der Waals surface area contributed by atoms with Gasteiger partial charge in [0.1, 0.15) is 0 Å². The van der Waals surface area contributed by atoms with E-state index in [0.717, 1.165) is 18.4 Å². The molecule has 1 aliphatic rings. The zero-order chi connectivity index (χ0) is 19.9. The summed E-state index contributed by atoms with van der Waals surface area (Å²) in [5.74, 6) is 0.609. The van der Waals surface area contributed by atoms with E-state index in [1.165, 1.54) is 11.6 Å². The second-order valence-electron chi connectivity index (χ2n) is 8.14. The molecule has 146 valence electrons. The molecule has 1 fully saturated rings. The van der Waals surface area contributed by atoms with Crippen LogP contribution in [0, 0.1) is 23.2 Å². The topological polar surface area (TPSA) is 46.5 Å². The van der Waals surface area contributed by atoms with E-state index in [-0.39, 0.29) is 11.3 Å². The molecule has 1 aliphatic carbocycles. The molecule has 0 unspecified atom stereocenters. The highest BCUT2D eigenvalue weighted by molar-refractivity contribution is 5.81. The minimum atomic E-state index is -0.680. The van der Waals surface area contributed by atoms with Gasteiger partial charge < -0.3 is 9.84 Å². The van der Waals surface area contributed by atoms with Crippen LogP contribution in [0.5, 0.6) is 0 Å². The van der Waals surface area contributed by atoms with Crippen LogP contribution in [0.4, 0.5) is 0 Å². The zero-order valence-corrected chi connectivity index (χ0v) is 17.3. The first-order valence-corrected chi connectivity index (χ1v) is 9.66. The van der Waals surface area contributed by atoms with Crippen molar-refractivity contribution in [1.29, 1.82) is 0 Å². The van der Waals surface area contributed by atoms with Crippen LogP contribution in [-0.4, -0.2) is 23.8 Å². The fourth-order valence-corrected chi connectivity index (χ4v) is 4.75. The summed E-state index contributed by atoms with van der Waals surface area (Å²) in [4.78, 5) is 11.6. The molecule has 0 aromatic heterocycles. The van der Waals surface area contributed by atoms with Gasteiger partial charge in [-0.1, -0.05) is 56.7 Å². The third kappa shape index (κ3) is 6.28. The summed E-state index contributed by atoms with van der Waals surface area (Å²) in [6.07, 6.45) is 10.6. The van der Waals surface area contributed by atoms with Crippen LogP contribution < -0.4 is 0 Å². The maximum absolute atomic E-state index is 11.6. The van der Waals surface area contributed by atoms with Crippen molar-refractivity contribution < 1.29 is 14.6 Å². The summed E-state index contributed by atoms with van der Waals surface area (Å²) in [5, 5.41) is 10.9. The molecule has 0 spiro atoms. The lowest BCUT2D eigenvalue weighted by Gasteiger charge is -2.48. The molecule has 0 heterocycles. The summed E-state index contributed by atoms with van der Waals surface area (Å²) < 4.78 is 4.93. The largest absolute Gasteiger partial charge is 0.463 e. The second kappa shape index (κ2) is 9.91. The molecule has 0 aromatic carbocycles. The molecule has 0 aromatic rings. The van der Waals surface area contributed by atoms with Gasteiger partial charge in [0.05, 0.1) is 12.7 Å². The summed E-state index contributed by atoms with van der Waals surface area (Å²) in [6.45, 7) is 16.8. The maximum Gasteiger partial charge on any atom is 0.330 e. The number of hydrogen-bond acceptors (Lipinski definition) is 3. The Morgan fingerprint density at radius 3 is 2.58 bits per heavy atom. The van der Waals surface area contributed by atoms with Gasteiger partial charge in [-0.3, -0.25) is 0 Å². The Balaban J connectivity index is 3.16. The van der Waals surface area contributed by atoms with Crippen LogP contribution in [-0.2, 0) is 9.53 Å². The van der Waals surface area contributed by atoms with Gasteiger partial charge in [-0.25, -0.2) is 4.79 Å². The summed E-state index contributed by atoms with van der Waals surface area (Å²) in [6, 6.07) is 0. The number of rotatable bonds is 7. The van der Waals surface area contributed by atoms with Gasteiger partial charge in [0.25, 0.3) is 0 Å². The maximum atomic E-state index is 11.6. The number of ether oxygens (including phenoxy) is 1. The van der Waals surface area contributed by atoms with E-state index < -0.39 is 12.1 Å². The van der Waals surface area contributed by atoms with E-state index in [2.05, 4.69) is 46.4 Å². The molecule has 0 bridgehead atoms. The Labute approximate surface area is 159 Å². The van der Waals surface area contributed by atoms with E-state index in [9.17, 15) is 9.90 Å². The Hall–Kier alpha value is -1.61. The molecule has 26 heavy (non-hydrogen) atoms. The second-order valence-corrected chi connectivity index (χ2v) is 8.14. The molecular weight excluding hydrogens is 324 g/mol. The van der Waals surface area contributed by atoms with Crippen molar-refractivity contribution in [1.82, 2.24) is 0 Å². The number of carbonyl (C=O) groups is 1. The van der Waals surface area contributed by atoms with Crippen molar-refractivity contribution in [3.63, 3.8) is 0 Å². The predicted molar refractivity (Wildman–Crippen MR) is 109 cm³/mol. The molecule has 0 radical (unpaired) electrons. The SMILES string of the molecule is C=C/C(C)=C/C(C)=C\[C@@]1(C)C[C@@H](C)C[C@@H](C)[C@@H]1[C@@H](O)/C=C/C(=O)OCC. The summed E-state index contributed by atoms with van der Waals surface area (Å²) >= 11 is 0. The van der Waals surface area contributed by atoms with E-state index in [1.807, 2.05) is 13.0 Å². The average Bonchev–Trinajstić information content (AvgIpc) is 2.51. The standard InChI is InChI=1S/C23H36O3/c1-8-16(3)12-17(4)14-23(7)15-18(5)13-19(6)22(23)20(24)10-11-21(25)26-9-2/h8,10-12,14,18-20,22,24H,1,9,13,15H2,2-7H3/b11-10+,16-12+,17-14-/t18-,19+,20-,22+,23-/m0/s1. The first-order chi connectivity index (χ1) is 12.1. The van der Waals surface area contributed by atoms with Crippen LogP contribution in [0.25, 0.3) is 0 Å². The average molecular weight is 361 g/mol. The first-order valence-electron chi connectivity index (χ1n) is 9.66. The molecule has 5 atom stereocenters. The Bertz CT molecular complexity index is 584. The molecule has 1 N–H and O–H groups in total. The highest BCUT2D eigenvalue weighted by Gasteiger charge is 2.44. The number of allylic oxidation sites excluding steroid dienone is 5. The molecule has 1 saturated carbocycles. The fourth-order valence-electron chi connectivity index (χ4n) is 4.75. The van der Waals surface area contributed by atoms with Gasteiger partial charge in [-0.15, -0.1) is 0 Å². The third-order valence-electron chi connectivity index (χ3n) is 5.36. The monoisotopic (exact) mass is 360 g/mol. The van der Waals surface area contributed by atoms with E-state index in [1.54, 1.807) is 13.0 Å². The molecule has 1 rings (SSSR count). The number of esters is 1. The molecule has 0 aliphatic heterocycles. The normalized spacial score (nSPS) is 31.7. The van der Waals surface area contributed by atoms with Crippen molar-refractivity contribution in [2.45, 2.75) is 60.5 Å². The van der Waals surface area contributed by atoms with Crippen LogP contribution in [0.3, 0.4) is 0 Å². The van der Waals surface area contributed by atoms with Gasteiger partial charge in [0, 0.05) is 6.08 Å². The quantitative estimate of drug-likeness (QED) is 0.384. The number of aliphatic hydroxyl groups excluding tert-OH is 1. The lowest BCUT2D eigenvalue weighted by molar-refractivity contribution is -0.137. The minimum Gasteiger partial charge on any atom is -0.463 e. The molecule has 3 heteroatoms. The van der Waals surface area contributed by atoms with Gasteiger partial charge >= 0.3 is 5.97 Å². The van der Waals surface area contributed by atoms with Gasteiger partial charge in [0.15, 0.2) is 0 Å². The Morgan fingerprint density at radius 1 is 1.35 bits per heavy atom. The summed E-state index contributed by atoms with van der Waals surface area (Å²) in [5.41, 5.74) is 2.16. The van der Waals surface area contributed by atoms with E-state index in [0.29, 0.717) is 18.4 Å². The zero-order valence-electron chi connectivity index (χ0n) is 17.3. The van der Waals surface area contributed by atoms with Crippen LogP contribution in [0.15, 0.2) is 48.1 Å². The van der Waals surface area contributed by atoms with Crippen molar-refractivity contribution in [3.05, 3.63) is 48.1 Å². The molecular formula is C23H36O3. The van der Waals surface area contributed by atoms with Crippen molar-refractivity contribution >= 4 is 5.97 Å². The smallest absolute Gasteiger partial charge is 0.330 e. The van der Waals surface area contributed by atoms with Crippen LogP contribution in [0.2, 0.25) is 0 Å². The lowest BCUT2D eigenvalue weighted by Crippen LogP contribution is -2.44. The van der Waals surface area contributed by atoms with Crippen LogP contribution >= 0.6 is 0 Å². The Morgan fingerprint density at radius 2 is 2.00 bits per heavy atom.